The van der Waals surface area contributed by atoms with Crippen molar-refractivity contribution in [2.45, 2.75) is 65.3 Å². The molecule has 0 aliphatic carbocycles. The average Bonchev–Trinajstić information content (AvgIpc) is 3.00. The zero-order valence-electron chi connectivity index (χ0n) is 19.8. The largest absolute Gasteiger partial charge is 0.463 e. The van der Waals surface area contributed by atoms with Gasteiger partial charge in [-0.05, 0) is 18.6 Å². The number of aryl methyl sites for hydroxylation is 1. The summed E-state index contributed by atoms with van der Waals surface area (Å²) < 4.78 is 27.1. The fraction of sp³-hybridized carbons (Fsp3) is 0.478. The molecular formula is C23H25NO11. The van der Waals surface area contributed by atoms with Gasteiger partial charge in [0.15, 0.2) is 24.5 Å². The average molecular weight is 491 g/mol. The molecule has 5 atom stereocenters. The molecule has 12 heteroatoms. The number of carbonyl (C=O) groups is 6. The number of carbonyl (C=O) groups excluding carboxylic acids is 6. The van der Waals surface area contributed by atoms with E-state index in [1.54, 1.807) is 19.1 Å². The van der Waals surface area contributed by atoms with Crippen molar-refractivity contribution < 1.29 is 52.5 Å². The molecule has 3 rings (SSSR count). The third-order valence-corrected chi connectivity index (χ3v) is 5.37. The number of amides is 1. The molecule has 2 aliphatic rings. The van der Waals surface area contributed by atoms with Gasteiger partial charge in [-0.25, -0.2) is 0 Å². The van der Waals surface area contributed by atoms with Crippen LogP contribution in [0.3, 0.4) is 0 Å². The third-order valence-electron chi connectivity index (χ3n) is 5.37. The van der Waals surface area contributed by atoms with E-state index >= 15 is 0 Å². The summed E-state index contributed by atoms with van der Waals surface area (Å²) >= 11 is 0. The molecule has 1 aromatic rings. The van der Waals surface area contributed by atoms with E-state index in [0.29, 0.717) is 5.56 Å². The second-order valence-electron chi connectivity index (χ2n) is 8.06. The van der Waals surface area contributed by atoms with Crippen molar-refractivity contribution in [3.8, 4) is 0 Å². The van der Waals surface area contributed by atoms with Gasteiger partial charge in [0.2, 0.25) is 0 Å². The van der Waals surface area contributed by atoms with Gasteiger partial charge >= 0.3 is 29.8 Å². The summed E-state index contributed by atoms with van der Waals surface area (Å²) in [5, 5.41) is 0. The molecule has 35 heavy (non-hydrogen) atoms. The minimum atomic E-state index is -1.50. The number of anilines is 1. The standard InChI is InChI=1S/C23H25NO11/c1-10-7-6-8-15-17(10)18(29)22(30)24(15)23-21(34-14(5)28)20(33-13(4)27)19(32-12(3)26)16(35-23)9-31-11(2)25/h6-8,16,19-21,23H,9H2,1-5H3/t16-,19+,20+,21+,23+/m0/s1. The molecule has 12 nitrogen and oxygen atoms in total. The summed E-state index contributed by atoms with van der Waals surface area (Å²) in [7, 11) is 0. The molecular weight excluding hydrogens is 466 g/mol. The fourth-order valence-electron chi connectivity index (χ4n) is 4.14. The van der Waals surface area contributed by atoms with Crippen LogP contribution in [0, 0.1) is 6.92 Å². The zero-order valence-corrected chi connectivity index (χ0v) is 19.8. The lowest BCUT2D eigenvalue weighted by molar-refractivity contribution is -0.251. The van der Waals surface area contributed by atoms with Gasteiger partial charge in [0.05, 0.1) is 11.3 Å². The van der Waals surface area contributed by atoms with E-state index in [-0.39, 0.29) is 11.3 Å². The molecule has 0 N–H and O–H groups in total. The Hall–Kier alpha value is -3.80. The van der Waals surface area contributed by atoms with Gasteiger partial charge in [-0.1, -0.05) is 12.1 Å². The van der Waals surface area contributed by atoms with Crippen molar-refractivity contribution in [2.75, 3.05) is 11.5 Å². The number of benzene rings is 1. The van der Waals surface area contributed by atoms with Crippen molar-refractivity contribution in [3.05, 3.63) is 29.3 Å². The zero-order chi connectivity index (χ0) is 26.0. The molecule has 0 spiro atoms. The first-order valence-corrected chi connectivity index (χ1v) is 10.7. The van der Waals surface area contributed by atoms with Crippen LogP contribution >= 0.6 is 0 Å². The molecule has 0 bridgehead atoms. The lowest BCUT2D eigenvalue weighted by Crippen LogP contribution is -2.67. The van der Waals surface area contributed by atoms with Crippen LogP contribution in [-0.2, 0) is 47.7 Å². The fourth-order valence-corrected chi connectivity index (χ4v) is 4.14. The highest BCUT2D eigenvalue weighted by molar-refractivity contribution is 6.52. The first-order valence-electron chi connectivity index (χ1n) is 10.7. The first-order chi connectivity index (χ1) is 16.4. The summed E-state index contributed by atoms with van der Waals surface area (Å²) in [6, 6.07) is 4.79. The molecule has 1 fully saturated rings. The number of ketones is 1. The SMILES string of the molecule is CC(=O)OC[C@@H]1O[C@@H](N2C(=O)C(=O)c3c(C)cccc32)[C@H](OC(C)=O)[C@H](OC(C)=O)[C@@H]1OC(C)=O. The van der Waals surface area contributed by atoms with E-state index in [0.717, 1.165) is 32.6 Å². The molecule has 0 radical (unpaired) electrons. The van der Waals surface area contributed by atoms with E-state index < -0.39 is 72.8 Å². The van der Waals surface area contributed by atoms with Crippen molar-refractivity contribution in [1.29, 1.82) is 0 Å². The summed E-state index contributed by atoms with van der Waals surface area (Å²) in [4.78, 5) is 74.2. The quantitative estimate of drug-likeness (QED) is 0.312. The van der Waals surface area contributed by atoms with Crippen molar-refractivity contribution in [3.63, 3.8) is 0 Å². The van der Waals surface area contributed by atoms with Crippen LogP contribution in [0.1, 0.15) is 43.6 Å². The van der Waals surface area contributed by atoms with Crippen LogP contribution in [0.2, 0.25) is 0 Å². The predicted molar refractivity (Wildman–Crippen MR) is 115 cm³/mol. The Morgan fingerprint density at radius 2 is 1.43 bits per heavy atom. The molecule has 1 amide bonds. The van der Waals surface area contributed by atoms with Gasteiger partial charge in [0, 0.05) is 27.7 Å². The van der Waals surface area contributed by atoms with Crippen LogP contribution in [0.15, 0.2) is 18.2 Å². The first kappa shape index (κ1) is 25.8. The Bertz CT molecular complexity index is 1080. The van der Waals surface area contributed by atoms with Crippen molar-refractivity contribution >= 4 is 41.3 Å². The van der Waals surface area contributed by atoms with Crippen LogP contribution in [0.25, 0.3) is 0 Å². The van der Waals surface area contributed by atoms with Crippen LogP contribution in [0.4, 0.5) is 5.69 Å². The highest BCUT2D eigenvalue weighted by Crippen LogP contribution is 2.38. The molecule has 1 saturated heterocycles. The third kappa shape index (κ3) is 5.32. The molecule has 0 aromatic heterocycles. The Morgan fingerprint density at radius 3 is 2.00 bits per heavy atom. The van der Waals surface area contributed by atoms with E-state index in [9.17, 15) is 28.8 Å². The van der Waals surface area contributed by atoms with E-state index in [1.807, 2.05) is 0 Å². The Kier molecular flexibility index (Phi) is 7.54. The molecule has 1 aromatic carbocycles. The van der Waals surface area contributed by atoms with Gasteiger partial charge in [0.1, 0.15) is 12.7 Å². The van der Waals surface area contributed by atoms with Gasteiger partial charge in [0.25, 0.3) is 5.78 Å². The van der Waals surface area contributed by atoms with Gasteiger partial charge in [-0.15, -0.1) is 0 Å². The number of rotatable bonds is 6. The van der Waals surface area contributed by atoms with Crippen LogP contribution < -0.4 is 4.90 Å². The second kappa shape index (κ2) is 10.2. The highest BCUT2D eigenvalue weighted by atomic mass is 16.7. The van der Waals surface area contributed by atoms with Crippen molar-refractivity contribution in [2.24, 2.45) is 0 Å². The minimum Gasteiger partial charge on any atom is -0.463 e. The number of nitrogens with zero attached hydrogens (tertiary/aromatic N) is 1. The summed E-state index contributed by atoms with van der Waals surface area (Å²) in [5.74, 6) is -4.84. The maximum absolute atomic E-state index is 13.1. The lowest BCUT2D eigenvalue weighted by Gasteiger charge is -2.46. The summed E-state index contributed by atoms with van der Waals surface area (Å²) in [6.45, 7) is 5.62. The Labute approximate surface area is 200 Å². The number of Topliss-reactive ketones (excluding diaryl/α,β-unsaturated/α-hetero) is 1. The molecule has 0 unspecified atom stereocenters. The number of hydrogen-bond donors (Lipinski definition) is 0. The van der Waals surface area contributed by atoms with Gasteiger partial charge < -0.3 is 23.7 Å². The minimum absolute atomic E-state index is 0.144. The normalized spacial score (nSPS) is 25.5. The van der Waals surface area contributed by atoms with Crippen LogP contribution in [-0.4, -0.2) is 72.8 Å². The van der Waals surface area contributed by atoms with E-state index in [4.69, 9.17) is 23.7 Å². The summed E-state index contributed by atoms with van der Waals surface area (Å²) in [5.41, 5.74) is 0.875. The van der Waals surface area contributed by atoms with Gasteiger partial charge in [-0.2, -0.15) is 0 Å². The molecule has 188 valence electrons. The van der Waals surface area contributed by atoms with E-state index in [2.05, 4.69) is 0 Å². The molecule has 0 saturated carbocycles. The number of esters is 4. The monoisotopic (exact) mass is 491 g/mol. The molecule has 2 heterocycles. The maximum atomic E-state index is 13.1. The Morgan fingerprint density at radius 1 is 0.857 bits per heavy atom. The highest BCUT2D eigenvalue weighted by Gasteiger charge is 2.57. The number of hydrogen-bond acceptors (Lipinski definition) is 11. The number of fused-ring (bicyclic) bond motifs is 1. The topological polar surface area (TPSA) is 152 Å². The Balaban J connectivity index is 2.15. The van der Waals surface area contributed by atoms with Gasteiger partial charge in [-0.3, -0.25) is 33.7 Å². The van der Waals surface area contributed by atoms with E-state index in [1.165, 1.54) is 6.07 Å². The van der Waals surface area contributed by atoms with Crippen molar-refractivity contribution in [1.82, 2.24) is 0 Å². The number of ether oxygens (including phenoxy) is 5. The summed E-state index contributed by atoms with van der Waals surface area (Å²) in [6.07, 6.45) is -7.08. The van der Waals surface area contributed by atoms with Crippen LogP contribution in [0.5, 0.6) is 0 Å². The lowest BCUT2D eigenvalue weighted by atomic mass is 9.96. The maximum Gasteiger partial charge on any atom is 0.303 e. The second-order valence-corrected chi connectivity index (χ2v) is 8.06. The smallest absolute Gasteiger partial charge is 0.303 e. The molecule has 2 aliphatic heterocycles. The predicted octanol–water partition coefficient (Wildman–Crippen LogP) is 0.607.